The minimum absolute atomic E-state index is 0.138. The number of hydrogen-bond acceptors (Lipinski definition) is 3. The van der Waals surface area contributed by atoms with Crippen molar-refractivity contribution in [2.45, 2.75) is 12.8 Å². The number of furan rings is 1. The fraction of sp³-hybridized carbons (Fsp3) is 0.214. The third kappa shape index (κ3) is 4.27. The van der Waals surface area contributed by atoms with Crippen LogP contribution in [-0.2, 0) is 11.2 Å². The van der Waals surface area contributed by atoms with Crippen LogP contribution in [0.15, 0.2) is 77.2 Å². The molecule has 1 aliphatic rings. The van der Waals surface area contributed by atoms with Crippen LogP contribution >= 0.6 is 0 Å². The van der Waals surface area contributed by atoms with Gasteiger partial charge in [0.05, 0.1) is 6.42 Å². The smallest absolute Gasteiger partial charge is 0.289 e. The predicted octanol–water partition coefficient (Wildman–Crippen LogP) is 5.15. The highest BCUT2D eigenvalue weighted by molar-refractivity contribution is 5.96. The molecule has 33 heavy (non-hydrogen) atoms. The molecule has 1 aliphatic heterocycles. The average Bonchev–Trinajstić information content (AvgIpc) is 3.27. The highest BCUT2D eigenvalue weighted by atomic mass is 16.3. The zero-order valence-corrected chi connectivity index (χ0v) is 18.9. The molecule has 0 saturated heterocycles. The molecule has 2 amide bonds. The van der Waals surface area contributed by atoms with E-state index in [0.717, 1.165) is 40.4 Å². The van der Waals surface area contributed by atoms with Crippen LogP contribution in [0.25, 0.3) is 27.3 Å². The van der Waals surface area contributed by atoms with Gasteiger partial charge < -0.3 is 14.2 Å². The monoisotopic (exact) mass is 438 g/mol. The average molecular weight is 439 g/mol. The number of rotatable bonds is 4. The fourth-order valence-electron chi connectivity index (χ4n) is 4.37. The summed E-state index contributed by atoms with van der Waals surface area (Å²) in [7, 11) is 3.41. The molecule has 0 saturated carbocycles. The number of benzene rings is 3. The Bertz CT molecular complexity index is 1400. The van der Waals surface area contributed by atoms with Gasteiger partial charge in [0.1, 0.15) is 5.58 Å². The molecule has 5 nitrogen and oxygen atoms in total. The normalized spacial score (nSPS) is 13.9. The lowest BCUT2D eigenvalue weighted by atomic mass is 9.99. The van der Waals surface area contributed by atoms with E-state index in [1.165, 1.54) is 10.3 Å². The maximum Gasteiger partial charge on any atom is 0.289 e. The minimum Gasteiger partial charge on any atom is -0.451 e. The fourth-order valence-corrected chi connectivity index (χ4v) is 4.37. The molecule has 0 N–H and O–H groups in total. The molecular formula is C28H26N2O3. The van der Waals surface area contributed by atoms with Gasteiger partial charge in [0.2, 0.25) is 5.91 Å². The molecule has 2 heterocycles. The van der Waals surface area contributed by atoms with Crippen molar-refractivity contribution in [3.63, 3.8) is 0 Å². The summed E-state index contributed by atoms with van der Waals surface area (Å²) in [5.41, 5.74) is 3.89. The summed E-state index contributed by atoms with van der Waals surface area (Å²) in [6, 6.07) is 22.1. The van der Waals surface area contributed by atoms with Gasteiger partial charge in [0.15, 0.2) is 5.76 Å². The Hall–Kier alpha value is -3.86. The second kappa shape index (κ2) is 8.58. The number of carbonyl (C=O) groups excluding carboxylic acids is 2. The van der Waals surface area contributed by atoms with E-state index in [1.807, 2.05) is 41.3 Å². The third-order valence-electron chi connectivity index (χ3n) is 6.18. The van der Waals surface area contributed by atoms with Crippen LogP contribution in [0.1, 0.15) is 28.1 Å². The summed E-state index contributed by atoms with van der Waals surface area (Å²) in [4.78, 5) is 28.7. The van der Waals surface area contributed by atoms with Crippen LogP contribution in [0.2, 0.25) is 0 Å². The van der Waals surface area contributed by atoms with Crippen LogP contribution in [0.5, 0.6) is 0 Å². The molecule has 0 unspecified atom stereocenters. The number of nitrogens with zero attached hydrogens (tertiary/aromatic N) is 2. The summed E-state index contributed by atoms with van der Waals surface area (Å²) in [5, 5.41) is 3.22. The summed E-state index contributed by atoms with van der Waals surface area (Å²) in [6.07, 6.45) is 3.43. The number of amides is 2. The maximum absolute atomic E-state index is 13.1. The van der Waals surface area contributed by atoms with Gasteiger partial charge in [-0.05, 0) is 52.1 Å². The number of hydrogen-bond donors (Lipinski definition) is 0. The lowest BCUT2D eigenvalue weighted by Gasteiger charge is -2.28. The zero-order chi connectivity index (χ0) is 22.9. The van der Waals surface area contributed by atoms with Crippen molar-refractivity contribution in [1.82, 2.24) is 9.80 Å². The molecule has 166 valence electrons. The second-order valence-electron chi connectivity index (χ2n) is 8.75. The van der Waals surface area contributed by atoms with E-state index in [4.69, 9.17) is 4.42 Å². The van der Waals surface area contributed by atoms with Gasteiger partial charge in [-0.3, -0.25) is 9.59 Å². The van der Waals surface area contributed by atoms with E-state index < -0.39 is 0 Å². The lowest BCUT2D eigenvalue weighted by molar-refractivity contribution is -0.129. The van der Waals surface area contributed by atoms with E-state index in [0.29, 0.717) is 24.3 Å². The molecule has 0 fully saturated rings. The Balaban J connectivity index is 1.32. The van der Waals surface area contributed by atoms with Crippen LogP contribution in [-0.4, -0.2) is 48.8 Å². The van der Waals surface area contributed by atoms with Crippen LogP contribution < -0.4 is 0 Å². The van der Waals surface area contributed by atoms with Crippen molar-refractivity contribution in [2.24, 2.45) is 0 Å². The number of fused-ring (bicyclic) bond motifs is 2. The standard InChI is InChI=1S/C28H26N2O3/c1-29(2)28(32)26-17-24-16-22(11-12-25(24)33-26)23-8-5-13-30(18-23)27(31)15-19-9-10-20-6-3-4-7-21(20)14-19/h3-4,6-12,14,16-17H,5,13,15,18H2,1-2H3. The molecule has 0 bridgehead atoms. The van der Waals surface area contributed by atoms with E-state index in [1.54, 1.807) is 20.2 Å². The van der Waals surface area contributed by atoms with Gasteiger partial charge in [-0.15, -0.1) is 0 Å². The first-order valence-corrected chi connectivity index (χ1v) is 11.2. The van der Waals surface area contributed by atoms with E-state index >= 15 is 0 Å². The van der Waals surface area contributed by atoms with E-state index in [9.17, 15) is 9.59 Å². The van der Waals surface area contributed by atoms with Gasteiger partial charge in [-0.2, -0.15) is 0 Å². The molecular weight excluding hydrogens is 412 g/mol. The molecule has 0 aliphatic carbocycles. The van der Waals surface area contributed by atoms with Crippen molar-refractivity contribution in [3.8, 4) is 0 Å². The van der Waals surface area contributed by atoms with E-state index in [2.05, 4.69) is 30.3 Å². The van der Waals surface area contributed by atoms with Crippen molar-refractivity contribution in [1.29, 1.82) is 0 Å². The Morgan fingerprint density at radius 2 is 1.76 bits per heavy atom. The highest BCUT2D eigenvalue weighted by Gasteiger charge is 2.20. The third-order valence-corrected chi connectivity index (χ3v) is 6.18. The second-order valence-corrected chi connectivity index (χ2v) is 8.75. The van der Waals surface area contributed by atoms with Gasteiger partial charge >= 0.3 is 0 Å². The van der Waals surface area contributed by atoms with E-state index in [-0.39, 0.29) is 11.8 Å². The first-order valence-electron chi connectivity index (χ1n) is 11.2. The number of carbonyl (C=O) groups is 2. The maximum atomic E-state index is 13.1. The molecule has 0 radical (unpaired) electrons. The topological polar surface area (TPSA) is 53.8 Å². The molecule has 0 spiro atoms. The largest absolute Gasteiger partial charge is 0.451 e. The first kappa shape index (κ1) is 21.0. The predicted molar refractivity (Wildman–Crippen MR) is 131 cm³/mol. The molecule has 3 aromatic carbocycles. The quantitative estimate of drug-likeness (QED) is 0.443. The first-order chi connectivity index (χ1) is 16.0. The van der Waals surface area contributed by atoms with Crippen molar-refractivity contribution >= 4 is 39.1 Å². The van der Waals surface area contributed by atoms with Crippen molar-refractivity contribution < 1.29 is 14.0 Å². The highest BCUT2D eigenvalue weighted by Crippen LogP contribution is 2.27. The SMILES string of the molecule is CN(C)C(=O)c1cc2cc(C3=CCCN(C(=O)Cc4ccc5ccccc5c4)C3)ccc2o1. The summed E-state index contributed by atoms with van der Waals surface area (Å²) >= 11 is 0. The summed E-state index contributed by atoms with van der Waals surface area (Å²) in [5.74, 6) is 0.311. The Morgan fingerprint density at radius 3 is 2.58 bits per heavy atom. The molecule has 4 aromatic rings. The Kier molecular flexibility index (Phi) is 5.47. The molecule has 5 rings (SSSR count). The van der Waals surface area contributed by atoms with Crippen LogP contribution in [0.4, 0.5) is 0 Å². The van der Waals surface area contributed by atoms with Crippen LogP contribution in [0, 0.1) is 0 Å². The minimum atomic E-state index is -0.157. The lowest BCUT2D eigenvalue weighted by Crippen LogP contribution is -2.36. The van der Waals surface area contributed by atoms with Gasteiger partial charge in [-0.1, -0.05) is 54.6 Å². The summed E-state index contributed by atoms with van der Waals surface area (Å²) < 4.78 is 5.71. The van der Waals surface area contributed by atoms with Crippen molar-refractivity contribution in [2.75, 3.05) is 27.2 Å². The molecule has 1 aromatic heterocycles. The van der Waals surface area contributed by atoms with Crippen molar-refractivity contribution in [3.05, 3.63) is 89.7 Å². The summed E-state index contributed by atoms with van der Waals surface area (Å²) in [6.45, 7) is 1.31. The van der Waals surface area contributed by atoms with Gasteiger partial charge in [-0.25, -0.2) is 0 Å². The van der Waals surface area contributed by atoms with Crippen LogP contribution in [0.3, 0.4) is 0 Å². The van der Waals surface area contributed by atoms with Gasteiger partial charge in [0, 0.05) is 32.6 Å². The Labute approximate surface area is 192 Å². The molecule has 0 atom stereocenters. The zero-order valence-electron chi connectivity index (χ0n) is 18.9. The van der Waals surface area contributed by atoms with Gasteiger partial charge in [0.25, 0.3) is 5.91 Å². The molecule has 5 heteroatoms. The Morgan fingerprint density at radius 1 is 0.939 bits per heavy atom.